The molecule has 0 spiro atoms. The lowest BCUT2D eigenvalue weighted by atomic mass is 9.96. The summed E-state index contributed by atoms with van der Waals surface area (Å²) in [6.07, 6.45) is 4.09. The molecular formula is C25H22F2N6O3S. The van der Waals surface area contributed by atoms with E-state index in [4.69, 9.17) is 5.73 Å². The SMILES string of the molecule is CC(C)(O)c1cc(F)c(-c2cc(C(N)=O)c(Nc3cccc(CNC(=O)c4cncnc4)n3)s2)c(F)c1. The molecule has 0 radical (unpaired) electrons. The Balaban J connectivity index is 1.58. The van der Waals surface area contributed by atoms with Crippen molar-refractivity contribution >= 4 is 34.0 Å². The number of primary amides is 1. The molecule has 0 unspecified atom stereocenters. The highest BCUT2D eigenvalue weighted by molar-refractivity contribution is 7.20. The molecule has 0 aliphatic heterocycles. The monoisotopic (exact) mass is 524 g/mol. The average Bonchev–Trinajstić information content (AvgIpc) is 3.25. The molecule has 0 fully saturated rings. The van der Waals surface area contributed by atoms with Crippen molar-refractivity contribution < 1.29 is 23.5 Å². The molecule has 0 saturated carbocycles. The van der Waals surface area contributed by atoms with E-state index in [-0.39, 0.29) is 39.0 Å². The van der Waals surface area contributed by atoms with Crippen LogP contribution in [0.25, 0.3) is 10.4 Å². The minimum atomic E-state index is -1.44. The largest absolute Gasteiger partial charge is 0.386 e. The van der Waals surface area contributed by atoms with E-state index in [1.807, 2.05) is 0 Å². The van der Waals surface area contributed by atoms with Gasteiger partial charge in [0.1, 0.15) is 28.8 Å². The highest BCUT2D eigenvalue weighted by Crippen LogP contribution is 2.40. The van der Waals surface area contributed by atoms with E-state index in [2.05, 4.69) is 25.6 Å². The number of pyridine rings is 1. The summed E-state index contributed by atoms with van der Waals surface area (Å²) in [4.78, 5) is 36.4. The number of nitrogens with two attached hydrogens (primary N) is 1. The molecule has 9 nitrogen and oxygen atoms in total. The standard InChI is InChI=1S/C25H22F2N6O3S/c1-25(2,36)14-6-17(26)21(18(27)7-14)19-8-16(22(28)34)24(37-19)33-20-5-3-4-15(32-20)11-31-23(35)13-9-29-12-30-10-13/h3-10,12,36H,11H2,1-2H3,(H2,28,34)(H,31,35)(H,32,33). The Bertz CT molecular complexity index is 1450. The third-order valence-corrected chi connectivity index (χ3v) is 6.36. The van der Waals surface area contributed by atoms with Crippen molar-refractivity contribution in [1.29, 1.82) is 0 Å². The van der Waals surface area contributed by atoms with Gasteiger partial charge in [-0.25, -0.2) is 23.7 Å². The molecule has 3 heterocycles. The third-order valence-electron chi connectivity index (χ3n) is 5.29. The minimum absolute atomic E-state index is 0.0231. The van der Waals surface area contributed by atoms with Gasteiger partial charge in [-0.15, -0.1) is 11.3 Å². The summed E-state index contributed by atoms with van der Waals surface area (Å²) in [5, 5.41) is 16.0. The van der Waals surface area contributed by atoms with Crippen molar-refractivity contribution in [2.24, 2.45) is 5.73 Å². The molecule has 0 saturated heterocycles. The van der Waals surface area contributed by atoms with Crippen LogP contribution in [0.15, 0.2) is 55.1 Å². The molecule has 0 atom stereocenters. The fourth-order valence-electron chi connectivity index (χ4n) is 3.41. The first kappa shape index (κ1) is 25.8. The van der Waals surface area contributed by atoms with Crippen molar-refractivity contribution in [3.63, 3.8) is 0 Å². The number of amides is 2. The Kier molecular flexibility index (Phi) is 7.23. The number of benzene rings is 1. The van der Waals surface area contributed by atoms with Crippen LogP contribution < -0.4 is 16.4 Å². The fourth-order valence-corrected chi connectivity index (χ4v) is 4.52. The number of halogens is 2. The van der Waals surface area contributed by atoms with Gasteiger partial charge >= 0.3 is 0 Å². The highest BCUT2D eigenvalue weighted by atomic mass is 32.1. The lowest BCUT2D eigenvalue weighted by Gasteiger charge is -2.18. The second kappa shape index (κ2) is 10.4. The molecule has 4 rings (SSSR count). The first-order valence-corrected chi connectivity index (χ1v) is 11.8. The number of nitrogens with one attached hydrogen (secondary N) is 2. The number of carbonyl (C=O) groups is 2. The minimum Gasteiger partial charge on any atom is -0.386 e. The van der Waals surface area contributed by atoms with Crippen LogP contribution in [0.4, 0.5) is 19.6 Å². The summed E-state index contributed by atoms with van der Waals surface area (Å²) in [6.45, 7) is 2.94. The van der Waals surface area contributed by atoms with Gasteiger partial charge in [0.05, 0.1) is 34.5 Å². The lowest BCUT2D eigenvalue weighted by molar-refractivity contribution is 0.0778. The van der Waals surface area contributed by atoms with E-state index in [0.717, 1.165) is 23.5 Å². The molecule has 0 bridgehead atoms. The Morgan fingerprint density at radius 2 is 1.78 bits per heavy atom. The number of carbonyl (C=O) groups excluding carboxylic acids is 2. The topological polar surface area (TPSA) is 143 Å². The van der Waals surface area contributed by atoms with E-state index < -0.39 is 23.1 Å². The average molecular weight is 525 g/mol. The van der Waals surface area contributed by atoms with Crippen LogP contribution in [0.1, 0.15) is 45.8 Å². The molecule has 4 aromatic rings. The van der Waals surface area contributed by atoms with E-state index in [0.29, 0.717) is 17.1 Å². The third kappa shape index (κ3) is 5.93. The number of anilines is 2. The van der Waals surface area contributed by atoms with Gasteiger partial charge in [-0.1, -0.05) is 6.07 Å². The molecule has 3 aromatic heterocycles. The number of hydrogen-bond acceptors (Lipinski definition) is 8. The van der Waals surface area contributed by atoms with Crippen LogP contribution in [0.3, 0.4) is 0 Å². The number of aromatic nitrogens is 3. The van der Waals surface area contributed by atoms with Crippen LogP contribution in [-0.4, -0.2) is 31.9 Å². The van der Waals surface area contributed by atoms with Gasteiger partial charge in [-0.05, 0) is 49.7 Å². The normalized spacial score (nSPS) is 11.3. The number of aliphatic hydroxyl groups is 1. The van der Waals surface area contributed by atoms with Gasteiger partial charge in [-0.3, -0.25) is 9.59 Å². The molecule has 0 aliphatic carbocycles. The summed E-state index contributed by atoms with van der Waals surface area (Å²) >= 11 is 0.921. The summed E-state index contributed by atoms with van der Waals surface area (Å²) in [5.74, 6) is -2.63. The summed E-state index contributed by atoms with van der Waals surface area (Å²) in [7, 11) is 0. The molecule has 0 aliphatic rings. The molecule has 5 N–H and O–H groups in total. The zero-order valence-electron chi connectivity index (χ0n) is 19.8. The first-order valence-electron chi connectivity index (χ1n) is 10.9. The van der Waals surface area contributed by atoms with Crippen LogP contribution in [-0.2, 0) is 12.1 Å². The van der Waals surface area contributed by atoms with Crippen molar-refractivity contribution in [3.05, 3.63) is 89.1 Å². The van der Waals surface area contributed by atoms with Crippen molar-refractivity contribution in [3.8, 4) is 10.4 Å². The first-order chi connectivity index (χ1) is 17.5. The van der Waals surface area contributed by atoms with Gasteiger partial charge in [0, 0.05) is 17.3 Å². The summed E-state index contributed by atoms with van der Waals surface area (Å²) in [6, 6.07) is 8.41. The highest BCUT2D eigenvalue weighted by Gasteiger charge is 2.24. The summed E-state index contributed by atoms with van der Waals surface area (Å²) in [5.41, 5.74) is 4.63. The maximum atomic E-state index is 14.9. The Morgan fingerprint density at radius 3 is 2.41 bits per heavy atom. The predicted octanol–water partition coefficient (Wildman–Crippen LogP) is 3.88. The lowest BCUT2D eigenvalue weighted by Crippen LogP contribution is -2.23. The van der Waals surface area contributed by atoms with Gasteiger partial charge < -0.3 is 21.5 Å². The quantitative estimate of drug-likeness (QED) is 0.274. The van der Waals surface area contributed by atoms with E-state index >= 15 is 0 Å². The Hall–Kier alpha value is -4.29. The number of nitrogens with zero attached hydrogens (tertiary/aromatic N) is 3. The molecular weight excluding hydrogens is 502 g/mol. The Morgan fingerprint density at radius 1 is 1.11 bits per heavy atom. The van der Waals surface area contributed by atoms with E-state index in [9.17, 15) is 23.5 Å². The van der Waals surface area contributed by atoms with Crippen molar-refractivity contribution in [1.82, 2.24) is 20.3 Å². The van der Waals surface area contributed by atoms with Gasteiger partial charge in [0.25, 0.3) is 11.8 Å². The predicted molar refractivity (Wildman–Crippen MR) is 134 cm³/mol. The molecule has 12 heteroatoms. The summed E-state index contributed by atoms with van der Waals surface area (Å²) < 4.78 is 29.8. The van der Waals surface area contributed by atoms with Crippen molar-refractivity contribution in [2.45, 2.75) is 26.0 Å². The van der Waals surface area contributed by atoms with Gasteiger partial charge in [-0.2, -0.15) is 0 Å². The Labute approximate surface area is 214 Å². The van der Waals surface area contributed by atoms with Crippen LogP contribution in [0.5, 0.6) is 0 Å². The smallest absolute Gasteiger partial charge is 0.254 e. The van der Waals surface area contributed by atoms with E-state index in [1.165, 1.54) is 38.6 Å². The molecule has 2 amide bonds. The number of hydrogen-bond donors (Lipinski definition) is 4. The van der Waals surface area contributed by atoms with Crippen LogP contribution in [0.2, 0.25) is 0 Å². The zero-order chi connectivity index (χ0) is 26.7. The van der Waals surface area contributed by atoms with Gasteiger partial charge in [0.2, 0.25) is 0 Å². The zero-order valence-corrected chi connectivity index (χ0v) is 20.6. The van der Waals surface area contributed by atoms with E-state index in [1.54, 1.807) is 18.2 Å². The molecule has 190 valence electrons. The maximum absolute atomic E-state index is 14.9. The van der Waals surface area contributed by atoms with Gasteiger partial charge in [0.15, 0.2) is 0 Å². The van der Waals surface area contributed by atoms with Crippen molar-refractivity contribution in [2.75, 3.05) is 5.32 Å². The number of thiophene rings is 1. The maximum Gasteiger partial charge on any atom is 0.254 e. The second-order valence-electron chi connectivity index (χ2n) is 8.54. The fraction of sp³-hybridized carbons (Fsp3) is 0.160. The van der Waals surface area contributed by atoms with Crippen LogP contribution in [0, 0.1) is 11.6 Å². The second-order valence-corrected chi connectivity index (χ2v) is 9.59. The number of rotatable bonds is 8. The molecule has 1 aromatic carbocycles. The molecule has 37 heavy (non-hydrogen) atoms. The van der Waals surface area contributed by atoms with Crippen LogP contribution >= 0.6 is 11.3 Å².